The maximum absolute atomic E-state index is 12.4. The van der Waals surface area contributed by atoms with Crippen LogP contribution in [0.25, 0.3) is 0 Å². The molecular formula is C13H16ClFO. The number of halogens is 2. The van der Waals surface area contributed by atoms with Crippen LogP contribution < -0.4 is 4.74 Å². The highest BCUT2D eigenvalue weighted by Gasteiger charge is 2.25. The second-order valence-corrected chi connectivity index (χ2v) is 4.43. The Hall–Kier alpha value is -1.02. The molecule has 88 valence electrons. The Kier molecular flexibility index (Phi) is 4.81. The largest absolute Gasteiger partial charge is 0.460 e. The Labute approximate surface area is 101 Å². The first kappa shape index (κ1) is 13.0. The third-order valence-corrected chi connectivity index (χ3v) is 2.65. The molecule has 0 saturated carbocycles. The van der Waals surface area contributed by atoms with Crippen molar-refractivity contribution in [2.24, 2.45) is 5.41 Å². The molecule has 0 heterocycles. The van der Waals surface area contributed by atoms with E-state index < -0.39 is 5.41 Å². The predicted octanol–water partition coefficient (Wildman–Crippen LogP) is 4.53. The molecular weight excluding hydrogens is 227 g/mol. The molecule has 1 nitrogen and oxygen atoms in total. The van der Waals surface area contributed by atoms with Crippen molar-refractivity contribution in [1.29, 1.82) is 0 Å². The van der Waals surface area contributed by atoms with E-state index in [1.807, 2.05) is 44.2 Å². The average Bonchev–Trinajstić information content (AvgIpc) is 2.27. The molecule has 0 atom stereocenters. The topological polar surface area (TPSA) is 9.23 Å². The Morgan fingerprint density at radius 2 is 2.00 bits per heavy atom. The van der Waals surface area contributed by atoms with Crippen molar-refractivity contribution in [3.8, 4) is 5.75 Å². The van der Waals surface area contributed by atoms with Crippen LogP contribution in [0.5, 0.6) is 5.75 Å². The van der Waals surface area contributed by atoms with Gasteiger partial charge in [-0.25, -0.2) is 0 Å². The van der Waals surface area contributed by atoms with Crippen LogP contribution in [0.15, 0.2) is 41.6 Å². The van der Waals surface area contributed by atoms with E-state index in [-0.39, 0.29) is 6.67 Å². The van der Waals surface area contributed by atoms with Crippen molar-refractivity contribution < 1.29 is 9.13 Å². The number of para-hydroxylation sites is 1. The highest BCUT2D eigenvalue weighted by Crippen LogP contribution is 2.32. The summed E-state index contributed by atoms with van der Waals surface area (Å²) in [6.45, 7) is 3.42. The quantitative estimate of drug-likeness (QED) is 0.690. The van der Waals surface area contributed by atoms with Gasteiger partial charge in [-0.2, -0.15) is 0 Å². The Morgan fingerprint density at radius 1 is 1.38 bits per heavy atom. The van der Waals surface area contributed by atoms with Crippen LogP contribution in [0.4, 0.5) is 4.39 Å². The molecule has 0 saturated heterocycles. The standard InChI is InChI=1S/C13H16ClFO/c1-13(2,8-9-15)12(10-14)16-11-6-4-3-5-7-11/h3-7,10H,8-9H2,1-2H3. The van der Waals surface area contributed by atoms with E-state index in [2.05, 4.69) is 0 Å². The van der Waals surface area contributed by atoms with Crippen LogP contribution in [0.3, 0.4) is 0 Å². The van der Waals surface area contributed by atoms with Gasteiger partial charge >= 0.3 is 0 Å². The number of hydrogen-bond acceptors (Lipinski definition) is 1. The van der Waals surface area contributed by atoms with Crippen molar-refractivity contribution in [2.75, 3.05) is 6.67 Å². The van der Waals surface area contributed by atoms with E-state index >= 15 is 0 Å². The summed E-state index contributed by atoms with van der Waals surface area (Å²) in [4.78, 5) is 0. The number of alkyl halides is 1. The molecule has 1 aromatic rings. The summed E-state index contributed by atoms with van der Waals surface area (Å²) >= 11 is 5.73. The van der Waals surface area contributed by atoms with Gasteiger partial charge in [-0.05, 0) is 18.6 Å². The third kappa shape index (κ3) is 3.53. The van der Waals surface area contributed by atoms with Crippen molar-refractivity contribution in [2.45, 2.75) is 20.3 Å². The number of allylic oxidation sites excluding steroid dienone is 1. The maximum Gasteiger partial charge on any atom is 0.127 e. The van der Waals surface area contributed by atoms with Crippen LogP contribution in [-0.2, 0) is 0 Å². The fraction of sp³-hybridized carbons (Fsp3) is 0.385. The summed E-state index contributed by atoms with van der Waals surface area (Å²) < 4.78 is 18.0. The zero-order valence-electron chi connectivity index (χ0n) is 9.54. The maximum atomic E-state index is 12.4. The molecule has 0 radical (unpaired) electrons. The Bertz CT molecular complexity index is 346. The number of hydrogen-bond donors (Lipinski definition) is 0. The highest BCUT2D eigenvalue weighted by molar-refractivity contribution is 6.25. The third-order valence-electron chi connectivity index (χ3n) is 2.46. The van der Waals surface area contributed by atoms with E-state index in [4.69, 9.17) is 16.3 Å². The van der Waals surface area contributed by atoms with Gasteiger partial charge in [0.1, 0.15) is 11.5 Å². The summed E-state index contributed by atoms with van der Waals surface area (Å²) in [5, 5.41) is 0. The van der Waals surface area contributed by atoms with Gasteiger partial charge in [-0.15, -0.1) is 0 Å². The van der Waals surface area contributed by atoms with Crippen LogP contribution in [0.1, 0.15) is 20.3 Å². The second kappa shape index (κ2) is 5.90. The van der Waals surface area contributed by atoms with Crippen molar-refractivity contribution in [1.82, 2.24) is 0 Å². The molecule has 0 unspecified atom stereocenters. The van der Waals surface area contributed by atoms with Gasteiger partial charge in [0, 0.05) is 11.0 Å². The van der Waals surface area contributed by atoms with Crippen molar-refractivity contribution in [3.63, 3.8) is 0 Å². The second-order valence-electron chi connectivity index (χ2n) is 4.21. The molecule has 0 spiro atoms. The van der Waals surface area contributed by atoms with Crippen LogP contribution in [-0.4, -0.2) is 6.67 Å². The Balaban J connectivity index is 2.78. The summed E-state index contributed by atoms with van der Waals surface area (Å²) in [6.07, 6.45) is 0.387. The molecule has 0 amide bonds. The first-order valence-corrected chi connectivity index (χ1v) is 5.63. The lowest BCUT2D eigenvalue weighted by molar-refractivity contribution is 0.239. The summed E-state index contributed by atoms with van der Waals surface area (Å²) in [7, 11) is 0. The Morgan fingerprint density at radius 3 is 2.50 bits per heavy atom. The van der Waals surface area contributed by atoms with Crippen LogP contribution in [0, 0.1) is 5.41 Å². The molecule has 3 heteroatoms. The molecule has 0 N–H and O–H groups in total. The fourth-order valence-corrected chi connectivity index (χ4v) is 1.62. The van der Waals surface area contributed by atoms with Crippen molar-refractivity contribution in [3.05, 3.63) is 41.6 Å². The number of rotatable bonds is 5. The summed E-state index contributed by atoms with van der Waals surface area (Å²) in [5.74, 6) is 1.29. The van der Waals surface area contributed by atoms with Gasteiger partial charge in [0.2, 0.25) is 0 Å². The predicted molar refractivity (Wildman–Crippen MR) is 65.4 cm³/mol. The molecule has 1 rings (SSSR count). The van der Waals surface area contributed by atoms with Crippen LogP contribution in [0.2, 0.25) is 0 Å². The molecule has 16 heavy (non-hydrogen) atoms. The van der Waals surface area contributed by atoms with Gasteiger partial charge in [-0.3, -0.25) is 4.39 Å². The van der Waals surface area contributed by atoms with E-state index in [9.17, 15) is 4.39 Å². The van der Waals surface area contributed by atoms with Gasteiger partial charge in [0.15, 0.2) is 0 Å². The lowest BCUT2D eigenvalue weighted by atomic mass is 9.88. The molecule has 0 aliphatic rings. The number of benzene rings is 1. The smallest absolute Gasteiger partial charge is 0.127 e. The molecule has 0 bridgehead atoms. The van der Waals surface area contributed by atoms with Gasteiger partial charge in [-0.1, -0.05) is 43.6 Å². The molecule has 0 aliphatic carbocycles. The normalized spacial score (nSPS) is 12.6. The minimum Gasteiger partial charge on any atom is -0.460 e. The average molecular weight is 243 g/mol. The van der Waals surface area contributed by atoms with Gasteiger partial charge in [0.05, 0.1) is 6.67 Å². The zero-order valence-corrected chi connectivity index (χ0v) is 10.3. The minimum absolute atomic E-state index is 0.387. The summed E-state index contributed by atoms with van der Waals surface area (Å²) in [6, 6.07) is 9.34. The molecule has 0 aliphatic heterocycles. The molecule has 0 fully saturated rings. The van der Waals surface area contributed by atoms with E-state index in [1.165, 1.54) is 5.54 Å². The first-order chi connectivity index (χ1) is 7.60. The SMILES string of the molecule is CC(C)(CCF)C(=CCl)Oc1ccccc1. The van der Waals surface area contributed by atoms with E-state index in [0.717, 1.165) is 0 Å². The monoisotopic (exact) mass is 242 g/mol. The van der Waals surface area contributed by atoms with E-state index in [1.54, 1.807) is 0 Å². The highest BCUT2D eigenvalue weighted by atomic mass is 35.5. The lowest BCUT2D eigenvalue weighted by Gasteiger charge is -2.26. The van der Waals surface area contributed by atoms with Crippen LogP contribution >= 0.6 is 11.6 Å². The van der Waals surface area contributed by atoms with Gasteiger partial charge < -0.3 is 4.74 Å². The van der Waals surface area contributed by atoms with Gasteiger partial charge in [0.25, 0.3) is 0 Å². The molecule has 0 aromatic heterocycles. The fourth-order valence-electron chi connectivity index (χ4n) is 1.28. The zero-order chi connectivity index (χ0) is 12.0. The molecule has 1 aromatic carbocycles. The minimum atomic E-state index is -0.396. The summed E-state index contributed by atoms with van der Waals surface area (Å²) in [5.41, 5.74) is 0.981. The number of ether oxygens (including phenoxy) is 1. The van der Waals surface area contributed by atoms with Crippen molar-refractivity contribution >= 4 is 11.6 Å². The van der Waals surface area contributed by atoms with E-state index in [0.29, 0.717) is 17.9 Å². The first-order valence-electron chi connectivity index (χ1n) is 5.20. The lowest BCUT2D eigenvalue weighted by Crippen LogP contribution is -2.19.